The molecular weight excluding hydrogens is 311 g/mol. The average molecular weight is 326 g/mol. The fraction of sp³-hybridized carbons (Fsp3) is 0.167. The summed E-state index contributed by atoms with van der Waals surface area (Å²) in [5.74, 6) is -0.950. The van der Waals surface area contributed by atoms with E-state index in [1.807, 2.05) is 0 Å². The van der Waals surface area contributed by atoms with Gasteiger partial charge < -0.3 is 9.72 Å². The third-order valence-electron chi connectivity index (χ3n) is 3.72. The highest BCUT2D eigenvalue weighted by molar-refractivity contribution is 5.91. The van der Waals surface area contributed by atoms with Crippen LogP contribution < -0.4 is 5.56 Å². The molecule has 0 amide bonds. The monoisotopic (exact) mass is 326 g/mol. The summed E-state index contributed by atoms with van der Waals surface area (Å²) >= 11 is 0. The number of ether oxygens (including phenoxy) is 1. The molecule has 1 heterocycles. The third kappa shape index (κ3) is 3.03. The zero-order valence-electron chi connectivity index (χ0n) is 13.2. The molecule has 0 spiro atoms. The summed E-state index contributed by atoms with van der Waals surface area (Å²) in [6.45, 7) is 3.29. The SMILES string of the molecule is Cc1ccc(F)cc1C(=O)OC(C)c1nc2ccccc2c(=O)[nH]1. The van der Waals surface area contributed by atoms with Gasteiger partial charge >= 0.3 is 5.97 Å². The number of halogens is 1. The predicted molar refractivity (Wildman–Crippen MR) is 87.3 cm³/mol. The summed E-state index contributed by atoms with van der Waals surface area (Å²) in [5, 5.41) is 0.459. The second kappa shape index (κ2) is 6.23. The number of hydrogen-bond acceptors (Lipinski definition) is 4. The highest BCUT2D eigenvalue weighted by Gasteiger charge is 2.18. The maximum atomic E-state index is 13.3. The largest absolute Gasteiger partial charge is 0.451 e. The fourth-order valence-corrected chi connectivity index (χ4v) is 2.39. The first kappa shape index (κ1) is 15.9. The van der Waals surface area contributed by atoms with Crippen molar-refractivity contribution in [2.24, 2.45) is 0 Å². The van der Waals surface area contributed by atoms with Crippen molar-refractivity contribution in [2.75, 3.05) is 0 Å². The molecule has 0 aliphatic rings. The summed E-state index contributed by atoms with van der Waals surface area (Å²) in [5.41, 5.74) is 0.958. The van der Waals surface area contributed by atoms with Crippen LogP contribution in [0, 0.1) is 12.7 Å². The highest BCUT2D eigenvalue weighted by Crippen LogP contribution is 2.18. The van der Waals surface area contributed by atoms with Gasteiger partial charge in [-0.1, -0.05) is 18.2 Å². The molecule has 1 atom stereocenters. The standard InChI is InChI=1S/C18H15FN2O3/c1-10-7-8-12(19)9-14(10)18(23)24-11(2)16-20-15-6-4-3-5-13(15)17(22)21-16/h3-9,11H,1-2H3,(H,20,21,22). The van der Waals surface area contributed by atoms with Crippen molar-refractivity contribution in [3.8, 4) is 0 Å². The zero-order valence-corrected chi connectivity index (χ0v) is 13.2. The maximum absolute atomic E-state index is 13.3. The minimum Gasteiger partial charge on any atom is -0.451 e. The van der Waals surface area contributed by atoms with E-state index in [0.29, 0.717) is 16.5 Å². The maximum Gasteiger partial charge on any atom is 0.339 e. The summed E-state index contributed by atoms with van der Waals surface area (Å²) < 4.78 is 18.7. The van der Waals surface area contributed by atoms with Crippen LogP contribution in [0.2, 0.25) is 0 Å². The first-order valence-corrected chi connectivity index (χ1v) is 7.42. The van der Waals surface area contributed by atoms with Gasteiger partial charge in [-0.3, -0.25) is 4.79 Å². The second-order valence-electron chi connectivity index (χ2n) is 5.48. The number of benzene rings is 2. The molecule has 3 aromatic rings. The zero-order chi connectivity index (χ0) is 17.3. The van der Waals surface area contributed by atoms with Crippen LogP contribution in [-0.4, -0.2) is 15.9 Å². The number of carbonyl (C=O) groups excluding carboxylic acids is 1. The molecule has 3 rings (SSSR count). The lowest BCUT2D eigenvalue weighted by molar-refractivity contribution is 0.0318. The van der Waals surface area contributed by atoms with Gasteiger partial charge in [-0.2, -0.15) is 0 Å². The molecular formula is C18H15FN2O3. The normalized spacial score (nSPS) is 12.1. The molecule has 1 aromatic heterocycles. The molecule has 0 aliphatic carbocycles. The Hall–Kier alpha value is -3.02. The number of aromatic amines is 1. The molecule has 0 saturated carbocycles. The van der Waals surface area contributed by atoms with Crippen molar-refractivity contribution in [1.29, 1.82) is 0 Å². The Morgan fingerprint density at radius 2 is 2.00 bits per heavy atom. The molecule has 5 nitrogen and oxygen atoms in total. The number of H-pyrrole nitrogens is 1. The van der Waals surface area contributed by atoms with E-state index in [4.69, 9.17) is 4.74 Å². The van der Waals surface area contributed by atoms with Crippen molar-refractivity contribution >= 4 is 16.9 Å². The van der Waals surface area contributed by atoms with Crippen molar-refractivity contribution in [2.45, 2.75) is 20.0 Å². The molecule has 0 fully saturated rings. The lowest BCUT2D eigenvalue weighted by Crippen LogP contribution is -2.18. The first-order valence-electron chi connectivity index (χ1n) is 7.42. The van der Waals surface area contributed by atoms with Crippen LogP contribution >= 0.6 is 0 Å². The average Bonchev–Trinajstić information content (AvgIpc) is 2.57. The van der Waals surface area contributed by atoms with E-state index in [1.165, 1.54) is 12.1 Å². The summed E-state index contributed by atoms with van der Waals surface area (Å²) in [7, 11) is 0. The van der Waals surface area contributed by atoms with E-state index in [0.717, 1.165) is 6.07 Å². The van der Waals surface area contributed by atoms with Gasteiger partial charge in [0.05, 0.1) is 16.5 Å². The molecule has 122 valence electrons. The Morgan fingerprint density at radius 3 is 2.79 bits per heavy atom. The number of esters is 1. The van der Waals surface area contributed by atoms with Gasteiger partial charge in [-0.05, 0) is 43.7 Å². The lowest BCUT2D eigenvalue weighted by atomic mass is 10.1. The Balaban J connectivity index is 1.89. The molecule has 0 bridgehead atoms. The van der Waals surface area contributed by atoms with Crippen LogP contribution in [0.5, 0.6) is 0 Å². The second-order valence-corrected chi connectivity index (χ2v) is 5.48. The van der Waals surface area contributed by atoms with Gasteiger partial charge in [0.1, 0.15) is 5.82 Å². The number of para-hydroxylation sites is 1. The molecule has 0 saturated heterocycles. The molecule has 1 N–H and O–H groups in total. The van der Waals surface area contributed by atoms with E-state index >= 15 is 0 Å². The Morgan fingerprint density at radius 1 is 1.25 bits per heavy atom. The summed E-state index contributed by atoms with van der Waals surface area (Å²) in [6, 6.07) is 10.8. The summed E-state index contributed by atoms with van der Waals surface area (Å²) in [6.07, 6.45) is -0.780. The van der Waals surface area contributed by atoms with Crippen LogP contribution in [0.3, 0.4) is 0 Å². The lowest BCUT2D eigenvalue weighted by Gasteiger charge is -2.14. The number of nitrogens with zero attached hydrogens (tertiary/aromatic N) is 1. The number of nitrogens with one attached hydrogen (secondary N) is 1. The number of aromatic nitrogens is 2. The number of carbonyl (C=O) groups is 1. The summed E-state index contributed by atoms with van der Waals surface area (Å²) in [4.78, 5) is 31.2. The van der Waals surface area contributed by atoms with Gasteiger partial charge in [0.2, 0.25) is 0 Å². The van der Waals surface area contributed by atoms with Crippen LogP contribution in [0.15, 0.2) is 47.3 Å². The van der Waals surface area contributed by atoms with E-state index < -0.39 is 17.9 Å². The van der Waals surface area contributed by atoms with Crippen LogP contribution in [-0.2, 0) is 4.74 Å². The third-order valence-corrected chi connectivity index (χ3v) is 3.72. The number of hydrogen-bond donors (Lipinski definition) is 1. The van der Waals surface area contributed by atoms with E-state index in [2.05, 4.69) is 9.97 Å². The highest BCUT2D eigenvalue weighted by atomic mass is 19.1. The van der Waals surface area contributed by atoms with Gasteiger partial charge in [-0.15, -0.1) is 0 Å². The Bertz CT molecular complexity index is 981. The van der Waals surface area contributed by atoms with Gasteiger partial charge in [0.15, 0.2) is 11.9 Å². The fourth-order valence-electron chi connectivity index (χ4n) is 2.39. The smallest absolute Gasteiger partial charge is 0.339 e. The van der Waals surface area contributed by atoms with E-state index in [9.17, 15) is 14.0 Å². The minimum atomic E-state index is -0.780. The van der Waals surface area contributed by atoms with Gasteiger partial charge in [0.25, 0.3) is 5.56 Å². The molecule has 2 aromatic carbocycles. The first-order chi connectivity index (χ1) is 11.5. The van der Waals surface area contributed by atoms with Crippen molar-refractivity contribution in [3.05, 3.63) is 75.6 Å². The number of fused-ring (bicyclic) bond motifs is 1. The van der Waals surface area contributed by atoms with Crippen molar-refractivity contribution in [3.63, 3.8) is 0 Å². The van der Waals surface area contributed by atoms with E-state index in [1.54, 1.807) is 38.1 Å². The minimum absolute atomic E-state index is 0.144. The van der Waals surface area contributed by atoms with Crippen LogP contribution in [0.25, 0.3) is 10.9 Å². The van der Waals surface area contributed by atoms with E-state index in [-0.39, 0.29) is 16.9 Å². The number of aryl methyl sites for hydroxylation is 1. The molecule has 0 aliphatic heterocycles. The van der Waals surface area contributed by atoms with Crippen LogP contribution in [0.4, 0.5) is 4.39 Å². The van der Waals surface area contributed by atoms with Crippen molar-refractivity contribution < 1.29 is 13.9 Å². The van der Waals surface area contributed by atoms with Crippen LogP contribution in [0.1, 0.15) is 34.8 Å². The quantitative estimate of drug-likeness (QED) is 0.750. The molecule has 6 heteroatoms. The predicted octanol–water partition coefficient (Wildman–Crippen LogP) is 3.29. The van der Waals surface area contributed by atoms with Gasteiger partial charge in [-0.25, -0.2) is 14.2 Å². The topological polar surface area (TPSA) is 72.0 Å². The Kier molecular flexibility index (Phi) is 4.12. The van der Waals surface area contributed by atoms with Gasteiger partial charge in [0, 0.05) is 0 Å². The Labute approximate surface area is 137 Å². The number of rotatable bonds is 3. The molecule has 24 heavy (non-hydrogen) atoms. The molecule has 0 radical (unpaired) electrons. The molecule has 1 unspecified atom stereocenters. The van der Waals surface area contributed by atoms with Crippen molar-refractivity contribution in [1.82, 2.24) is 9.97 Å².